The molecule has 1 amide bonds. The number of hydrogen-bond acceptors (Lipinski definition) is 8. The number of methoxy groups -OCH3 is 1. The average molecular weight is 434 g/mol. The fourth-order valence-electron chi connectivity index (χ4n) is 3.08. The Morgan fingerprint density at radius 2 is 2.16 bits per heavy atom. The molecule has 0 fully saturated rings. The highest BCUT2D eigenvalue weighted by molar-refractivity contribution is 7.09. The Bertz CT molecular complexity index is 1230. The summed E-state index contributed by atoms with van der Waals surface area (Å²) in [7, 11) is 1.56. The molecule has 156 valence electrons. The molecule has 1 unspecified atom stereocenters. The van der Waals surface area contributed by atoms with Crippen molar-refractivity contribution < 1.29 is 19.4 Å². The molecular weight excluding hydrogens is 416 g/mol. The normalized spacial score (nSPS) is 16.5. The van der Waals surface area contributed by atoms with Gasteiger partial charge in [-0.1, -0.05) is 17.9 Å². The van der Waals surface area contributed by atoms with Gasteiger partial charge in [-0.3, -0.25) is 4.99 Å². The van der Waals surface area contributed by atoms with Gasteiger partial charge in [-0.25, -0.2) is 14.8 Å². The van der Waals surface area contributed by atoms with Crippen molar-refractivity contribution in [2.45, 2.75) is 12.5 Å². The number of carbonyl (C=O) groups excluding carboxylic acids is 1. The van der Waals surface area contributed by atoms with Crippen LogP contribution in [0.2, 0.25) is 0 Å². The molecule has 3 N–H and O–H groups in total. The Morgan fingerprint density at radius 1 is 1.32 bits per heavy atom. The number of nitrogens with two attached hydrogens (primary N) is 1. The molecule has 3 heterocycles. The van der Waals surface area contributed by atoms with Crippen LogP contribution in [0.1, 0.15) is 23.1 Å². The number of aliphatic hydroxyl groups is 1. The zero-order valence-corrected chi connectivity index (χ0v) is 17.6. The van der Waals surface area contributed by atoms with Gasteiger partial charge in [-0.15, -0.1) is 11.3 Å². The number of amides is 1. The molecule has 0 saturated carbocycles. The molecule has 0 saturated heterocycles. The zero-order chi connectivity index (χ0) is 22.0. The van der Waals surface area contributed by atoms with E-state index in [1.165, 1.54) is 11.3 Å². The molecule has 2 aliphatic rings. The maximum atomic E-state index is 11.1. The van der Waals surface area contributed by atoms with Gasteiger partial charge < -0.3 is 20.3 Å². The van der Waals surface area contributed by atoms with E-state index in [-0.39, 0.29) is 5.88 Å². The number of benzene rings is 1. The van der Waals surface area contributed by atoms with Crippen molar-refractivity contribution in [2.75, 3.05) is 13.7 Å². The lowest BCUT2D eigenvalue weighted by Crippen LogP contribution is -2.20. The number of hydrogen-bond donors (Lipinski definition) is 2. The standard InChI is InChI=1S/C22H18N4O4S/c1-22(28,20-25-7-8-31-20)5-3-13-9-15(11-16(10-13)29-2)18-19-14(4-6-24-18)12-17(26-19)30-21(23)27/h4,7-12,28H,6H2,1-2H3,(H2,23,27). The zero-order valence-electron chi connectivity index (χ0n) is 16.7. The summed E-state index contributed by atoms with van der Waals surface area (Å²) in [6, 6.07) is 5.43. The smallest absolute Gasteiger partial charge is 0.411 e. The summed E-state index contributed by atoms with van der Waals surface area (Å²) >= 11 is 1.33. The van der Waals surface area contributed by atoms with Gasteiger partial charge >= 0.3 is 6.09 Å². The highest BCUT2D eigenvalue weighted by Gasteiger charge is 2.26. The minimum atomic E-state index is -1.38. The first-order valence-electron chi connectivity index (χ1n) is 9.24. The molecule has 0 radical (unpaired) electrons. The van der Waals surface area contributed by atoms with Crippen molar-refractivity contribution in [3.8, 4) is 17.6 Å². The maximum absolute atomic E-state index is 11.1. The number of fused-ring (bicyclic) bond motifs is 1. The van der Waals surface area contributed by atoms with Gasteiger partial charge in [-0.2, -0.15) is 0 Å². The second kappa shape index (κ2) is 8.18. The number of allylic oxidation sites excluding steroid dienone is 2. The SMILES string of the molecule is COc1cc(C#CC(C)(O)c2nccs2)cc(C2=NCC=C3C=C(OC(N)=O)N=C32)c1. The van der Waals surface area contributed by atoms with Crippen molar-refractivity contribution >= 4 is 28.9 Å². The molecule has 1 atom stereocenters. The van der Waals surface area contributed by atoms with Crippen LogP contribution in [0.4, 0.5) is 4.79 Å². The van der Waals surface area contributed by atoms with E-state index in [0.29, 0.717) is 34.3 Å². The van der Waals surface area contributed by atoms with E-state index in [1.807, 2.05) is 18.2 Å². The maximum Gasteiger partial charge on any atom is 0.411 e. The lowest BCUT2D eigenvalue weighted by atomic mass is 9.96. The van der Waals surface area contributed by atoms with Crippen LogP contribution in [0.15, 0.2) is 63.4 Å². The molecule has 1 aromatic heterocycles. The van der Waals surface area contributed by atoms with Crippen LogP contribution >= 0.6 is 11.3 Å². The van der Waals surface area contributed by atoms with Gasteiger partial charge in [0.25, 0.3) is 0 Å². The highest BCUT2D eigenvalue weighted by atomic mass is 32.1. The second-order valence-corrected chi connectivity index (χ2v) is 7.72. The number of ether oxygens (including phenoxy) is 2. The molecule has 1 aromatic carbocycles. The lowest BCUT2D eigenvalue weighted by molar-refractivity contribution is 0.122. The van der Waals surface area contributed by atoms with E-state index in [4.69, 9.17) is 15.2 Å². The molecule has 31 heavy (non-hydrogen) atoms. The van der Waals surface area contributed by atoms with Crippen molar-refractivity contribution in [1.29, 1.82) is 0 Å². The molecule has 2 aliphatic heterocycles. The van der Waals surface area contributed by atoms with Crippen LogP contribution in [0.3, 0.4) is 0 Å². The Labute approximate surface area is 182 Å². The molecule has 9 heteroatoms. The predicted molar refractivity (Wildman–Crippen MR) is 117 cm³/mol. The first kappa shape index (κ1) is 20.5. The van der Waals surface area contributed by atoms with E-state index in [2.05, 4.69) is 26.8 Å². The van der Waals surface area contributed by atoms with E-state index < -0.39 is 11.7 Å². The fraction of sp³-hybridized carbons (Fsp3) is 0.182. The third-order valence-corrected chi connectivity index (χ3v) is 5.46. The van der Waals surface area contributed by atoms with E-state index >= 15 is 0 Å². The number of primary amides is 1. The Balaban J connectivity index is 1.69. The van der Waals surface area contributed by atoms with Gasteiger partial charge in [0.05, 0.1) is 19.4 Å². The third kappa shape index (κ3) is 4.40. The molecule has 8 nitrogen and oxygen atoms in total. The molecule has 0 bridgehead atoms. The molecule has 4 rings (SSSR count). The number of nitrogens with zero attached hydrogens (tertiary/aromatic N) is 3. The van der Waals surface area contributed by atoms with Gasteiger partial charge in [0, 0.05) is 34.4 Å². The van der Waals surface area contributed by atoms with Crippen LogP contribution in [0.5, 0.6) is 5.75 Å². The topological polar surface area (TPSA) is 119 Å². The number of dihydropyridines is 1. The minimum absolute atomic E-state index is 0.116. The lowest BCUT2D eigenvalue weighted by Gasteiger charge is -2.14. The average Bonchev–Trinajstić information content (AvgIpc) is 3.41. The Kier molecular flexibility index (Phi) is 5.42. The number of thiazole rings is 1. The van der Waals surface area contributed by atoms with Crippen LogP contribution in [-0.4, -0.2) is 41.3 Å². The molecule has 0 aliphatic carbocycles. The van der Waals surface area contributed by atoms with E-state index in [1.54, 1.807) is 37.8 Å². The first-order valence-corrected chi connectivity index (χ1v) is 10.1. The summed E-state index contributed by atoms with van der Waals surface area (Å²) in [5.41, 5.74) is 7.06. The Hall–Kier alpha value is -3.74. The number of aliphatic imine (C=N–C) groups is 2. The van der Waals surface area contributed by atoms with Gasteiger partial charge in [-0.05, 0) is 25.1 Å². The monoisotopic (exact) mass is 434 g/mol. The summed E-state index contributed by atoms with van der Waals surface area (Å²) in [6.07, 6.45) is 4.21. The largest absolute Gasteiger partial charge is 0.497 e. The molecule has 2 aromatic rings. The summed E-state index contributed by atoms with van der Waals surface area (Å²) in [4.78, 5) is 24.1. The number of rotatable bonds is 4. The van der Waals surface area contributed by atoms with Crippen molar-refractivity contribution in [1.82, 2.24) is 4.98 Å². The van der Waals surface area contributed by atoms with Crippen LogP contribution in [0.25, 0.3) is 0 Å². The quantitative estimate of drug-likeness (QED) is 0.717. The molecule has 0 spiro atoms. The van der Waals surface area contributed by atoms with E-state index in [0.717, 1.165) is 11.1 Å². The Morgan fingerprint density at radius 3 is 2.87 bits per heavy atom. The third-order valence-electron chi connectivity index (χ3n) is 4.48. The fourth-order valence-corrected chi connectivity index (χ4v) is 3.74. The minimum Gasteiger partial charge on any atom is -0.497 e. The van der Waals surface area contributed by atoms with Crippen molar-refractivity contribution in [3.05, 3.63) is 69.5 Å². The summed E-state index contributed by atoms with van der Waals surface area (Å²) < 4.78 is 10.3. The molecular formula is C22H18N4O4S. The predicted octanol–water partition coefficient (Wildman–Crippen LogP) is 2.53. The summed E-state index contributed by atoms with van der Waals surface area (Å²) in [6.45, 7) is 2.04. The van der Waals surface area contributed by atoms with E-state index in [9.17, 15) is 9.90 Å². The van der Waals surface area contributed by atoms with Crippen LogP contribution < -0.4 is 10.5 Å². The highest BCUT2D eigenvalue weighted by Crippen LogP contribution is 2.26. The van der Waals surface area contributed by atoms with Crippen LogP contribution in [0, 0.1) is 11.8 Å². The number of aromatic nitrogens is 1. The van der Waals surface area contributed by atoms with Gasteiger partial charge in [0.15, 0.2) is 5.60 Å². The summed E-state index contributed by atoms with van der Waals surface area (Å²) in [5.74, 6) is 6.56. The van der Waals surface area contributed by atoms with Gasteiger partial charge in [0.1, 0.15) is 16.5 Å². The van der Waals surface area contributed by atoms with Crippen molar-refractivity contribution in [3.63, 3.8) is 0 Å². The van der Waals surface area contributed by atoms with Crippen molar-refractivity contribution in [2.24, 2.45) is 15.7 Å². The summed E-state index contributed by atoms with van der Waals surface area (Å²) in [5, 5.41) is 12.9. The van der Waals surface area contributed by atoms with Crippen LogP contribution in [-0.2, 0) is 10.3 Å². The number of carbonyl (C=O) groups is 1. The van der Waals surface area contributed by atoms with Gasteiger partial charge in [0.2, 0.25) is 5.88 Å². The first-order chi connectivity index (χ1) is 14.9. The second-order valence-electron chi connectivity index (χ2n) is 6.82.